The number of rotatable bonds is 4. The fourth-order valence-corrected chi connectivity index (χ4v) is 1.71. The lowest BCUT2D eigenvalue weighted by Crippen LogP contribution is -2.24. The number of nitrogens with two attached hydrogens (primary N) is 1. The molecule has 0 aliphatic heterocycles. The molecule has 3 N–H and O–H groups in total. The summed E-state index contributed by atoms with van der Waals surface area (Å²) >= 11 is 1.41. The minimum Gasteiger partial charge on any atom is -0.325 e. The Hall–Kier alpha value is -0.940. The second-order valence-electron chi connectivity index (χ2n) is 3.87. The molecule has 0 spiro atoms. The van der Waals surface area contributed by atoms with Crippen LogP contribution in [0.3, 0.4) is 0 Å². The Bertz CT molecular complexity index is 335. The number of hydrogen-bond donors (Lipinski definition) is 2. The Balaban J connectivity index is 2.58. The largest absolute Gasteiger partial charge is 0.325 e. The van der Waals surface area contributed by atoms with Crippen molar-refractivity contribution in [1.82, 2.24) is 4.98 Å². The zero-order valence-corrected chi connectivity index (χ0v) is 10.1. The first kappa shape index (κ1) is 12.1. The van der Waals surface area contributed by atoms with E-state index in [0.29, 0.717) is 17.6 Å². The minimum atomic E-state index is -0.00442. The number of aromatic nitrogens is 1. The van der Waals surface area contributed by atoms with Crippen LogP contribution in [0.1, 0.15) is 26.5 Å². The van der Waals surface area contributed by atoms with Crippen LogP contribution < -0.4 is 11.1 Å². The van der Waals surface area contributed by atoms with Gasteiger partial charge in [-0.15, -0.1) is 11.3 Å². The van der Waals surface area contributed by atoms with Crippen LogP contribution >= 0.6 is 11.3 Å². The summed E-state index contributed by atoms with van der Waals surface area (Å²) in [5.74, 6) is 0.345. The van der Waals surface area contributed by atoms with Crippen molar-refractivity contribution in [3.63, 3.8) is 0 Å². The third-order valence-electron chi connectivity index (χ3n) is 2.40. The van der Waals surface area contributed by atoms with Crippen LogP contribution in [0, 0.1) is 11.8 Å². The zero-order valence-electron chi connectivity index (χ0n) is 9.28. The molecule has 0 saturated carbocycles. The maximum absolute atomic E-state index is 11.7. The van der Waals surface area contributed by atoms with Crippen LogP contribution in [-0.2, 0) is 11.3 Å². The van der Waals surface area contributed by atoms with Gasteiger partial charge in [0.05, 0.1) is 5.69 Å². The number of anilines is 1. The van der Waals surface area contributed by atoms with E-state index in [2.05, 4.69) is 10.3 Å². The molecule has 1 heterocycles. The molecular formula is C10H17N3OS. The normalized spacial score (nSPS) is 12.9. The van der Waals surface area contributed by atoms with E-state index in [1.54, 1.807) is 0 Å². The van der Waals surface area contributed by atoms with Gasteiger partial charge in [0.2, 0.25) is 5.91 Å². The van der Waals surface area contributed by atoms with Crippen molar-refractivity contribution < 1.29 is 4.79 Å². The number of nitrogens with zero attached hydrogens (tertiary/aromatic N) is 1. The van der Waals surface area contributed by atoms with Crippen molar-refractivity contribution in [2.45, 2.75) is 27.3 Å². The maximum atomic E-state index is 11.7. The molecule has 0 bridgehead atoms. The van der Waals surface area contributed by atoms with Gasteiger partial charge >= 0.3 is 0 Å². The first-order chi connectivity index (χ1) is 7.04. The second kappa shape index (κ2) is 5.23. The summed E-state index contributed by atoms with van der Waals surface area (Å²) < 4.78 is 0. The number of carbonyl (C=O) groups is 1. The quantitative estimate of drug-likeness (QED) is 0.824. The number of nitrogens with one attached hydrogen (secondary N) is 1. The van der Waals surface area contributed by atoms with E-state index in [1.807, 2.05) is 26.2 Å². The third-order valence-corrected chi connectivity index (χ3v) is 3.21. The molecular weight excluding hydrogens is 210 g/mol. The van der Waals surface area contributed by atoms with Gasteiger partial charge < -0.3 is 11.1 Å². The average Bonchev–Trinajstić information content (AvgIpc) is 2.64. The van der Waals surface area contributed by atoms with Crippen LogP contribution in [0.4, 0.5) is 5.13 Å². The molecule has 0 radical (unpaired) electrons. The van der Waals surface area contributed by atoms with Gasteiger partial charge in [-0.25, -0.2) is 4.98 Å². The number of thiazole rings is 1. The van der Waals surface area contributed by atoms with Crippen molar-refractivity contribution in [2.24, 2.45) is 17.6 Å². The fourth-order valence-electron chi connectivity index (χ4n) is 0.980. The lowest BCUT2D eigenvalue weighted by atomic mass is 9.97. The van der Waals surface area contributed by atoms with Crippen LogP contribution in [-0.4, -0.2) is 10.9 Å². The van der Waals surface area contributed by atoms with Gasteiger partial charge in [-0.1, -0.05) is 20.8 Å². The Morgan fingerprint density at radius 2 is 2.27 bits per heavy atom. The van der Waals surface area contributed by atoms with Gasteiger partial charge in [-0.2, -0.15) is 0 Å². The lowest BCUT2D eigenvalue weighted by molar-refractivity contribution is -0.120. The fraction of sp³-hybridized carbons (Fsp3) is 0.600. The molecule has 1 aromatic heterocycles. The number of carbonyl (C=O) groups excluding carboxylic acids is 1. The number of hydrogen-bond acceptors (Lipinski definition) is 4. The van der Waals surface area contributed by atoms with E-state index < -0.39 is 0 Å². The topological polar surface area (TPSA) is 68.0 Å². The summed E-state index contributed by atoms with van der Waals surface area (Å²) in [5.41, 5.74) is 6.25. The van der Waals surface area contributed by atoms with E-state index in [-0.39, 0.29) is 11.8 Å². The Morgan fingerprint density at radius 3 is 2.73 bits per heavy atom. The van der Waals surface area contributed by atoms with E-state index in [1.165, 1.54) is 11.3 Å². The van der Waals surface area contributed by atoms with Crippen molar-refractivity contribution in [1.29, 1.82) is 0 Å². The van der Waals surface area contributed by atoms with Crippen LogP contribution in [0.15, 0.2) is 5.38 Å². The van der Waals surface area contributed by atoms with Crippen molar-refractivity contribution in [3.05, 3.63) is 11.1 Å². The highest BCUT2D eigenvalue weighted by molar-refractivity contribution is 7.13. The monoisotopic (exact) mass is 227 g/mol. The highest BCUT2D eigenvalue weighted by Gasteiger charge is 2.17. The molecule has 0 aliphatic rings. The molecule has 1 amide bonds. The van der Waals surface area contributed by atoms with Crippen molar-refractivity contribution >= 4 is 22.4 Å². The van der Waals surface area contributed by atoms with E-state index in [4.69, 9.17) is 5.73 Å². The van der Waals surface area contributed by atoms with Crippen LogP contribution in [0.2, 0.25) is 0 Å². The van der Waals surface area contributed by atoms with Gasteiger partial charge in [0, 0.05) is 17.8 Å². The molecule has 5 heteroatoms. The van der Waals surface area contributed by atoms with E-state index in [9.17, 15) is 4.79 Å². The van der Waals surface area contributed by atoms with Crippen molar-refractivity contribution in [3.8, 4) is 0 Å². The summed E-state index contributed by atoms with van der Waals surface area (Å²) in [6, 6.07) is 0. The summed E-state index contributed by atoms with van der Waals surface area (Å²) in [6.45, 7) is 6.37. The second-order valence-corrected chi connectivity index (χ2v) is 4.73. The van der Waals surface area contributed by atoms with Gasteiger partial charge in [0.1, 0.15) is 0 Å². The molecule has 1 atom stereocenters. The predicted molar refractivity (Wildman–Crippen MR) is 62.6 cm³/mol. The average molecular weight is 227 g/mol. The van der Waals surface area contributed by atoms with Gasteiger partial charge in [0.15, 0.2) is 5.13 Å². The predicted octanol–water partition coefficient (Wildman–Crippen LogP) is 1.83. The third kappa shape index (κ3) is 3.28. The van der Waals surface area contributed by atoms with Crippen LogP contribution in [0.5, 0.6) is 0 Å². The highest BCUT2D eigenvalue weighted by Crippen LogP contribution is 2.18. The summed E-state index contributed by atoms with van der Waals surface area (Å²) in [7, 11) is 0. The van der Waals surface area contributed by atoms with Gasteiger partial charge in [-0.05, 0) is 5.92 Å². The first-order valence-corrected chi connectivity index (χ1v) is 5.88. The lowest BCUT2D eigenvalue weighted by Gasteiger charge is -2.13. The molecule has 0 aliphatic carbocycles. The molecule has 0 fully saturated rings. The summed E-state index contributed by atoms with van der Waals surface area (Å²) in [4.78, 5) is 15.8. The standard InChI is InChI=1S/C10H17N3OS/c1-6(2)7(3)9(14)13-10-12-8(4-11)5-15-10/h5-7H,4,11H2,1-3H3,(H,12,13,14). The molecule has 1 aromatic rings. The van der Waals surface area contributed by atoms with E-state index in [0.717, 1.165) is 5.69 Å². The summed E-state index contributed by atoms with van der Waals surface area (Å²) in [5, 5.41) is 5.28. The molecule has 0 aromatic carbocycles. The van der Waals surface area contributed by atoms with Gasteiger partial charge in [-0.3, -0.25) is 4.79 Å². The molecule has 1 unspecified atom stereocenters. The number of amides is 1. The Morgan fingerprint density at radius 1 is 1.60 bits per heavy atom. The Kier molecular flexibility index (Phi) is 4.23. The molecule has 15 heavy (non-hydrogen) atoms. The SMILES string of the molecule is CC(C)C(C)C(=O)Nc1nc(CN)cs1. The molecule has 84 valence electrons. The zero-order chi connectivity index (χ0) is 11.4. The maximum Gasteiger partial charge on any atom is 0.229 e. The van der Waals surface area contributed by atoms with E-state index >= 15 is 0 Å². The first-order valence-electron chi connectivity index (χ1n) is 5.00. The minimum absolute atomic E-state index is 0.00442. The Labute approximate surface area is 93.9 Å². The highest BCUT2D eigenvalue weighted by atomic mass is 32.1. The smallest absolute Gasteiger partial charge is 0.229 e. The molecule has 4 nitrogen and oxygen atoms in total. The summed E-state index contributed by atoms with van der Waals surface area (Å²) in [6.07, 6.45) is 0. The molecule has 0 saturated heterocycles. The van der Waals surface area contributed by atoms with Crippen LogP contribution in [0.25, 0.3) is 0 Å². The van der Waals surface area contributed by atoms with Gasteiger partial charge in [0.25, 0.3) is 0 Å². The molecule has 1 rings (SSSR count). The van der Waals surface area contributed by atoms with Crippen molar-refractivity contribution in [2.75, 3.05) is 5.32 Å².